The third-order valence-corrected chi connectivity index (χ3v) is 2.81. The van der Waals surface area contributed by atoms with E-state index in [4.69, 9.17) is 15.0 Å². The monoisotopic (exact) mass is 231 g/mol. The first-order chi connectivity index (χ1) is 8.28. The molecule has 0 bridgehead atoms. The van der Waals surface area contributed by atoms with Gasteiger partial charge in [-0.2, -0.15) is 4.98 Å². The zero-order valence-electron chi connectivity index (χ0n) is 9.51. The highest BCUT2D eigenvalue weighted by atomic mass is 16.5. The van der Waals surface area contributed by atoms with Crippen molar-refractivity contribution >= 4 is 0 Å². The van der Waals surface area contributed by atoms with Crippen LogP contribution in [-0.4, -0.2) is 16.2 Å². The minimum atomic E-state index is 0.201. The van der Waals surface area contributed by atoms with E-state index in [9.17, 15) is 0 Å². The van der Waals surface area contributed by atoms with Gasteiger partial charge in [0, 0.05) is 6.42 Å². The van der Waals surface area contributed by atoms with Gasteiger partial charge in [0.1, 0.15) is 11.9 Å². The van der Waals surface area contributed by atoms with Gasteiger partial charge in [-0.25, -0.2) is 0 Å². The van der Waals surface area contributed by atoms with Crippen LogP contribution in [-0.2, 0) is 13.0 Å². The zero-order valence-corrected chi connectivity index (χ0v) is 9.51. The Hall–Kier alpha value is -1.88. The molecule has 0 saturated carbocycles. The molecule has 0 fully saturated rings. The van der Waals surface area contributed by atoms with Crippen LogP contribution in [0.25, 0.3) is 11.4 Å². The Bertz CT molecular complexity index is 550. The Labute approximate surface area is 98.6 Å². The molecule has 2 aromatic rings. The van der Waals surface area contributed by atoms with Gasteiger partial charge < -0.3 is 15.0 Å². The maximum absolute atomic E-state index is 5.78. The molecular weight excluding hydrogens is 218 g/mol. The molecule has 1 aliphatic heterocycles. The summed E-state index contributed by atoms with van der Waals surface area (Å²) in [7, 11) is 0. The largest absolute Gasteiger partial charge is 0.489 e. The number of hydrogen-bond donors (Lipinski definition) is 1. The molecule has 1 aliphatic rings. The van der Waals surface area contributed by atoms with E-state index in [-0.39, 0.29) is 12.6 Å². The molecule has 2 heterocycles. The Kier molecular flexibility index (Phi) is 2.33. The lowest BCUT2D eigenvalue weighted by Crippen LogP contribution is -2.05. The number of hydrogen-bond acceptors (Lipinski definition) is 5. The molecule has 3 rings (SSSR count). The zero-order chi connectivity index (χ0) is 11.8. The van der Waals surface area contributed by atoms with E-state index in [1.165, 1.54) is 5.56 Å². The number of para-hydroxylation sites is 1. The highest BCUT2D eigenvalue weighted by molar-refractivity contribution is 5.67. The van der Waals surface area contributed by atoms with Crippen molar-refractivity contribution in [2.45, 2.75) is 26.0 Å². The molecule has 17 heavy (non-hydrogen) atoms. The van der Waals surface area contributed by atoms with Crippen LogP contribution >= 0.6 is 0 Å². The Morgan fingerprint density at radius 2 is 2.35 bits per heavy atom. The van der Waals surface area contributed by atoms with E-state index in [2.05, 4.69) is 16.2 Å². The van der Waals surface area contributed by atoms with Crippen molar-refractivity contribution in [2.75, 3.05) is 0 Å². The predicted octanol–water partition coefficient (Wildman–Crippen LogP) is 1.52. The van der Waals surface area contributed by atoms with E-state index in [0.29, 0.717) is 11.7 Å². The minimum absolute atomic E-state index is 0.201. The fourth-order valence-electron chi connectivity index (χ4n) is 2.06. The van der Waals surface area contributed by atoms with Crippen LogP contribution in [0.4, 0.5) is 0 Å². The Morgan fingerprint density at radius 1 is 1.47 bits per heavy atom. The van der Waals surface area contributed by atoms with Crippen LogP contribution in [0.1, 0.15) is 18.4 Å². The van der Waals surface area contributed by atoms with E-state index in [1.807, 2.05) is 19.1 Å². The molecule has 1 aromatic carbocycles. The standard InChI is InChI=1S/C12H13N3O2/c1-7-5-8-3-2-4-9(11(8)16-7)12-14-10(6-13)17-15-12/h2-4,7H,5-6,13H2,1H3. The summed E-state index contributed by atoms with van der Waals surface area (Å²) >= 11 is 0. The molecule has 0 radical (unpaired) electrons. The van der Waals surface area contributed by atoms with Gasteiger partial charge in [0.05, 0.1) is 12.1 Å². The molecule has 1 unspecified atom stereocenters. The van der Waals surface area contributed by atoms with Crippen molar-refractivity contribution in [1.29, 1.82) is 0 Å². The maximum atomic E-state index is 5.78. The van der Waals surface area contributed by atoms with Crippen LogP contribution in [0.3, 0.4) is 0 Å². The average molecular weight is 231 g/mol. The lowest BCUT2D eigenvalue weighted by atomic mass is 10.1. The fourth-order valence-corrected chi connectivity index (χ4v) is 2.06. The number of fused-ring (bicyclic) bond motifs is 1. The van der Waals surface area contributed by atoms with Gasteiger partial charge in [-0.1, -0.05) is 17.3 Å². The van der Waals surface area contributed by atoms with E-state index in [0.717, 1.165) is 17.7 Å². The number of nitrogens with zero attached hydrogens (tertiary/aromatic N) is 2. The van der Waals surface area contributed by atoms with Gasteiger partial charge in [0.25, 0.3) is 0 Å². The Morgan fingerprint density at radius 3 is 3.12 bits per heavy atom. The van der Waals surface area contributed by atoms with Crippen molar-refractivity contribution in [3.63, 3.8) is 0 Å². The highest BCUT2D eigenvalue weighted by Gasteiger charge is 2.24. The molecule has 0 saturated heterocycles. The first-order valence-corrected chi connectivity index (χ1v) is 5.59. The second-order valence-electron chi connectivity index (χ2n) is 4.14. The van der Waals surface area contributed by atoms with Crippen LogP contribution in [0.5, 0.6) is 5.75 Å². The van der Waals surface area contributed by atoms with Crippen LogP contribution in [0.15, 0.2) is 22.7 Å². The van der Waals surface area contributed by atoms with Crippen molar-refractivity contribution < 1.29 is 9.26 Å². The molecule has 0 spiro atoms. The summed E-state index contributed by atoms with van der Waals surface area (Å²) in [4.78, 5) is 4.22. The summed E-state index contributed by atoms with van der Waals surface area (Å²) in [6.45, 7) is 2.30. The van der Waals surface area contributed by atoms with E-state index < -0.39 is 0 Å². The van der Waals surface area contributed by atoms with E-state index in [1.54, 1.807) is 0 Å². The number of aromatic nitrogens is 2. The number of ether oxygens (including phenoxy) is 1. The van der Waals surface area contributed by atoms with Gasteiger partial charge in [0.2, 0.25) is 11.7 Å². The van der Waals surface area contributed by atoms with Crippen LogP contribution < -0.4 is 10.5 Å². The molecule has 5 nitrogen and oxygen atoms in total. The summed E-state index contributed by atoms with van der Waals surface area (Å²) < 4.78 is 10.8. The fraction of sp³-hybridized carbons (Fsp3) is 0.333. The van der Waals surface area contributed by atoms with Crippen molar-refractivity contribution in [2.24, 2.45) is 5.73 Å². The number of nitrogens with two attached hydrogens (primary N) is 1. The predicted molar refractivity (Wildman–Crippen MR) is 61.4 cm³/mol. The third-order valence-electron chi connectivity index (χ3n) is 2.81. The summed E-state index contributed by atoms with van der Waals surface area (Å²) in [5.41, 5.74) is 7.51. The number of rotatable bonds is 2. The van der Waals surface area contributed by atoms with Crippen LogP contribution in [0, 0.1) is 0 Å². The lowest BCUT2D eigenvalue weighted by Gasteiger charge is -2.05. The summed E-state index contributed by atoms with van der Waals surface area (Å²) in [5.74, 6) is 1.84. The molecular formula is C12H13N3O2. The first kappa shape index (κ1) is 10.3. The van der Waals surface area contributed by atoms with Crippen molar-refractivity contribution in [3.8, 4) is 17.1 Å². The Balaban J connectivity index is 2.07. The van der Waals surface area contributed by atoms with Gasteiger partial charge in [-0.15, -0.1) is 0 Å². The highest BCUT2D eigenvalue weighted by Crippen LogP contribution is 2.37. The molecule has 5 heteroatoms. The average Bonchev–Trinajstić information content (AvgIpc) is 2.92. The van der Waals surface area contributed by atoms with Gasteiger partial charge >= 0.3 is 0 Å². The molecule has 2 N–H and O–H groups in total. The molecule has 1 atom stereocenters. The lowest BCUT2D eigenvalue weighted by molar-refractivity contribution is 0.255. The van der Waals surface area contributed by atoms with Crippen molar-refractivity contribution in [3.05, 3.63) is 29.7 Å². The van der Waals surface area contributed by atoms with Crippen molar-refractivity contribution in [1.82, 2.24) is 10.1 Å². The normalized spacial score (nSPS) is 17.9. The van der Waals surface area contributed by atoms with Gasteiger partial charge in [0.15, 0.2) is 0 Å². The van der Waals surface area contributed by atoms with E-state index >= 15 is 0 Å². The quantitative estimate of drug-likeness (QED) is 0.848. The summed E-state index contributed by atoms with van der Waals surface area (Å²) in [6.07, 6.45) is 1.12. The second-order valence-corrected chi connectivity index (χ2v) is 4.14. The molecule has 1 aromatic heterocycles. The molecule has 88 valence electrons. The van der Waals surface area contributed by atoms with Gasteiger partial charge in [-0.05, 0) is 18.6 Å². The van der Waals surface area contributed by atoms with Gasteiger partial charge in [-0.3, -0.25) is 0 Å². The summed E-state index contributed by atoms with van der Waals surface area (Å²) in [6, 6.07) is 5.97. The third kappa shape index (κ3) is 1.68. The maximum Gasteiger partial charge on any atom is 0.240 e. The second kappa shape index (κ2) is 3.85. The smallest absolute Gasteiger partial charge is 0.240 e. The number of benzene rings is 1. The summed E-state index contributed by atoms with van der Waals surface area (Å²) in [5, 5.41) is 3.91. The molecule has 0 amide bonds. The first-order valence-electron chi connectivity index (χ1n) is 5.59. The topological polar surface area (TPSA) is 74.2 Å². The van der Waals surface area contributed by atoms with Crippen LogP contribution in [0.2, 0.25) is 0 Å². The minimum Gasteiger partial charge on any atom is -0.489 e. The molecule has 0 aliphatic carbocycles. The SMILES string of the molecule is CC1Cc2cccc(-c3noc(CN)n3)c2O1.